The fourth-order valence-corrected chi connectivity index (χ4v) is 1.15. The standard InChI is InChI=1S/C11H21NO3/c1-7(2)6-8(13)9(10(12)14)15-11(3,4)5/h7,9H,6H2,1-5H3,(H2,12,14). The number of Topliss-reactive ketones (excluding diaryl/α,β-unsaturated/α-hetero) is 1. The van der Waals surface area contributed by atoms with Gasteiger partial charge in [-0.15, -0.1) is 0 Å². The SMILES string of the molecule is CC(C)CC(=O)C(OC(C)(C)C)C(N)=O. The molecule has 0 radical (unpaired) electrons. The van der Waals surface area contributed by atoms with Gasteiger partial charge < -0.3 is 10.5 Å². The second kappa shape index (κ2) is 5.26. The molecule has 0 aromatic rings. The minimum absolute atomic E-state index is 0.197. The molecule has 4 heteroatoms. The quantitative estimate of drug-likeness (QED) is 0.702. The van der Waals surface area contributed by atoms with Crippen LogP contribution in [0.3, 0.4) is 0 Å². The highest BCUT2D eigenvalue weighted by Crippen LogP contribution is 2.14. The number of primary amides is 1. The lowest BCUT2D eigenvalue weighted by atomic mass is 10.0. The Labute approximate surface area is 91.2 Å². The molecule has 0 aromatic carbocycles. The molecule has 2 N–H and O–H groups in total. The zero-order valence-electron chi connectivity index (χ0n) is 10.2. The normalized spacial score (nSPS) is 14.0. The first-order chi connectivity index (χ1) is 6.63. The summed E-state index contributed by atoms with van der Waals surface area (Å²) in [5, 5.41) is 0. The van der Waals surface area contributed by atoms with Crippen molar-refractivity contribution in [1.82, 2.24) is 0 Å². The van der Waals surface area contributed by atoms with E-state index in [-0.39, 0.29) is 11.7 Å². The molecule has 1 unspecified atom stereocenters. The zero-order chi connectivity index (χ0) is 12.2. The highest BCUT2D eigenvalue weighted by Gasteiger charge is 2.29. The van der Waals surface area contributed by atoms with E-state index in [4.69, 9.17) is 10.5 Å². The number of amides is 1. The van der Waals surface area contributed by atoms with E-state index in [1.165, 1.54) is 0 Å². The molecule has 0 heterocycles. The Morgan fingerprint density at radius 1 is 1.27 bits per heavy atom. The summed E-state index contributed by atoms with van der Waals surface area (Å²) in [7, 11) is 0. The monoisotopic (exact) mass is 215 g/mol. The maximum absolute atomic E-state index is 11.6. The van der Waals surface area contributed by atoms with E-state index >= 15 is 0 Å². The van der Waals surface area contributed by atoms with Gasteiger partial charge in [0.15, 0.2) is 11.9 Å². The minimum Gasteiger partial charge on any atom is -0.367 e. The second-order valence-electron chi connectivity index (χ2n) is 5.08. The third-order valence-corrected chi connectivity index (χ3v) is 1.63. The number of nitrogens with two attached hydrogens (primary N) is 1. The number of ketones is 1. The molecule has 0 aliphatic heterocycles. The minimum atomic E-state index is -1.12. The predicted octanol–water partition coefficient (Wildman–Crippen LogP) is 1.27. The number of rotatable bonds is 5. The Bertz CT molecular complexity index is 241. The molecular weight excluding hydrogens is 194 g/mol. The van der Waals surface area contributed by atoms with Crippen molar-refractivity contribution in [1.29, 1.82) is 0 Å². The smallest absolute Gasteiger partial charge is 0.254 e. The molecule has 0 saturated carbocycles. The van der Waals surface area contributed by atoms with Crippen LogP contribution in [0.15, 0.2) is 0 Å². The topological polar surface area (TPSA) is 69.4 Å². The molecule has 0 aliphatic rings. The molecule has 0 bridgehead atoms. The van der Waals surface area contributed by atoms with E-state index in [2.05, 4.69) is 0 Å². The van der Waals surface area contributed by atoms with Crippen molar-refractivity contribution in [2.24, 2.45) is 11.7 Å². The lowest BCUT2D eigenvalue weighted by molar-refractivity contribution is -0.152. The highest BCUT2D eigenvalue weighted by atomic mass is 16.5. The number of hydrogen-bond donors (Lipinski definition) is 1. The van der Waals surface area contributed by atoms with E-state index in [0.717, 1.165) is 0 Å². The molecular formula is C11H21NO3. The van der Waals surface area contributed by atoms with Gasteiger partial charge in [-0.25, -0.2) is 0 Å². The van der Waals surface area contributed by atoms with Gasteiger partial charge in [0.25, 0.3) is 5.91 Å². The first kappa shape index (κ1) is 14.1. The Hall–Kier alpha value is -0.900. The Balaban J connectivity index is 4.54. The molecule has 0 rings (SSSR count). The first-order valence-corrected chi connectivity index (χ1v) is 5.13. The van der Waals surface area contributed by atoms with Crippen molar-refractivity contribution >= 4 is 11.7 Å². The summed E-state index contributed by atoms with van der Waals surface area (Å²) < 4.78 is 5.34. The Kier molecular flexibility index (Phi) is 4.94. The summed E-state index contributed by atoms with van der Waals surface area (Å²) in [6.07, 6.45) is -0.809. The van der Waals surface area contributed by atoms with Crippen molar-refractivity contribution in [3.8, 4) is 0 Å². The van der Waals surface area contributed by atoms with Gasteiger partial charge in [0, 0.05) is 6.42 Å². The van der Waals surface area contributed by atoms with Gasteiger partial charge in [-0.3, -0.25) is 9.59 Å². The van der Waals surface area contributed by atoms with Crippen LogP contribution in [0.2, 0.25) is 0 Å². The van der Waals surface area contributed by atoms with Crippen LogP contribution in [-0.2, 0) is 14.3 Å². The van der Waals surface area contributed by atoms with Crippen LogP contribution in [0.25, 0.3) is 0 Å². The summed E-state index contributed by atoms with van der Waals surface area (Å²) in [6.45, 7) is 9.17. The molecule has 15 heavy (non-hydrogen) atoms. The fourth-order valence-electron chi connectivity index (χ4n) is 1.15. The van der Waals surface area contributed by atoms with Crippen molar-refractivity contribution in [2.45, 2.75) is 52.7 Å². The molecule has 0 aromatic heterocycles. The average molecular weight is 215 g/mol. The van der Waals surface area contributed by atoms with Crippen LogP contribution < -0.4 is 5.73 Å². The number of ether oxygens (including phenoxy) is 1. The summed E-state index contributed by atoms with van der Waals surface area (Å²) in [5.41, 5.74) is 4.59. The summed E-state index contributed by atoms with van der Waals surface area (Å²) >= 11 is 0. The molecule has 0 aliphatic carbocycles. The van der Waals surface area contributed by atoms with Crippen molar-refractivity contribution in [3.05, 3.63) is 0 Å². The van der Waals surface area contributed by atoms with E-state index in [9.17, 15) is 9.59 Å². The molecule has 0 fully saturated rings. The van der Waals surface area contributed by atoms with E-state index in [1.807, 2.05) is 13.8 Å². The molecule has 88 valence electrons. The van der Waals surface area contributed by atoms with Gasteiger partial charge >= 0.3 is 0 Å². The zero-order valence-corrected chi connectivity index (χ0v) is 10.2. The van der Waals surface area contributed by atoms with Crippen LogP contribution in [0.4, 0.5) is 0 Å². The molecule has 0 saturated heterocycles. The van der Waals surface area contributed by atoms with E-state index in [0.29, 0.717) is 6.42 Å². The lowest BCUT2D eigenvalue weighted by Crippen LogP contribution is -2.43. The second-order valence-corrected chi connectivity index (χ2v) is 5.08. The summed E-state index contributed by atoms with van der Waals surface area (Å²) in [4.78, 5) is 22.7. The van der Waals surface area contributed by atoms with Gasteiger partial charge in [-0.1, -0.05) is 13.8 Å². The number of hydrogen-bond acceptors (Lipinski definition) is 3. The van der Waals surface area contributed by atoms with Crippen molar-refractivity contribution in [2.75, 3.05) is 0 Å². The maximum Gasteiger partial charge on any atom is 0.254 e. The van der Waals surface area contributed by atoms with Crippen LogP contribution in [0, 0.1) is 5.92 Å². The van der Waals surface area contributed by atoms with E-state index < -0.39 is 17.6 Å². The summed E-state index contributed by atoms with van der Waals surface area (Å²) in [5.74, 6) is -0.758. The molecule has 1 amide bonds. The Morgan fingerprint density at radius 3 is 2.00 bits per heavy atom. The van der Waals surface area contributed by atoms with Crippen molar-refractivity contribution < 1.29 is 14.3 Å². The van der Waals surface area contributed by atoms with Crippen molar-refractivity contribution in [3.63, 3.8) is 0 Å². The van der Waals surface area contributed by atoms with Gasteiger partial charge in [0.1, 0.15) is 0 Å². The van der Waals surface area contributed by atoms with Crippen LogP contribution in [0.5, 0.6) is 0 Å². The third-order valence-electron chi connectivity index (χ3n) is 1.63. The van der Waals surface area contributed by atoms with Crippen LogP contribution >= 0.6 is 0 Å². The third kappa shape index (κ3) is 6.23. The fraction of sp³-hybridized carbons (Fsp3) is 0.818. The maximum atomic E-state index is 11.6. The number of carbonyl (C=O) groups excluding carboxylic acids is 2. The average Bonchev–Trinajstić information content (AvgIpc) is 1.96. The number of carbonyl (C=O) groups is 2. The summed E-state index contributed by atoms with van der Waals surface area (Å²) in [6, 6.07) is 0. The highest BCUT2D eigenvalue weighted by molar-refractivity contribution is 6.03. The lowest BCUT2D eigenvalue weighted by Gasteiger charge is -2.25. The Morgan fingerprint density at radius 2 is 1.73 bits per heavy atom. The van der Waals surface area contributed by atoms with Crippen LogP contribution in [0.1, 0.15) is 41.0 Å². The van der Waals surface area contributed by atoms with E-state index in [1.54, 1.807) is 20.8 Å². The largest absolute Gasteiger partial charge is 0.367 e. The first-order valence-electron chi connectivity index (χ1n) is 5.13. The van der Waals surface area contributed by atoms with Gasteiger partial charge in [0.05, 0.1) is 5.60 Å². The van der Waals surface area contributed by atoms with Gasteiger partial charge in [0.2, 0.25) is 0 Å². The molecule has 4 nitrogen and oxygen atoms in total. The van der Waals surface area contributed by atoms with Crippen LogP contribution in [-0.4, -0.2) is 23.4 Å². The molecule has 1 atom stereocenters. The predicted molar refractivity (Wildman–Crippen MR) is 58.3 cm³/mol. The molecule has 0 spiro atoms. The van der Waals surface area contributed by atoms with Gasteiger partial charge in [-0.05, 0) is 26.7 Å². The van der Waals surface area contributed by atoms with Gasteiger partial charge in [-0.2, -0.15) is 0 Å².